The molecule has 1 saturated heterocycles. The van der Waals surface area contributed by atoms with Gasteiger partial charge in [-0.1, -0.05) is 91.5 Å². The molecule has 0 bridgehead atoms. The molecule has 0 unspecified atom stereocenters. The van der Waals surface area contributed by atoms with E-state index in [1.165, 1.54) is 0 Å². The number of amides is 2. The van der Waals surface area contributed by atoms with E-state index in [0.29, 0.717) is 13.1 Å². The number of hydrogen-bond acceptors (Lipinski definition) is 6. The molecule has 1 aliphatic rings. The molecule has 4 aromatic rings. The minimum atomic E-state index is -0.542. The lowest BCUT2D eigenvalue weighted by Crippen LogP contribution is -2.38. The van der Waals surface area contributed by atoms with Crippen LogP contribution in [0.15, 0.2) is 90.3 Å². The van der Waals surface area contributed by atoms with Gasteiger partial charge < -0.3 is 29.8 Å². The van der Waals surface area contributed by atoms with E-state index in [1.54, 1.807) is 18.0 Å². The third-order valence-corrected chi connectivity index (χ3v) is 8.71. The molecule has 42 heavy (non-hydrogen) atoms. The summed E-state index contributed by atoms with van der Waals surface area (Å²) < 4.78 is 15.2. The first kappa shape index (κ1) is 29.8. The first-order chi connectivity index (χ1) is 20.5. The highest BCUT2D eigenvalue weighted by Gasteiger charge is 2.38. The summed E-state index contributed by atoms with van der Waals surface area (Å²) in [5.41, 5.74) is 6.01. The summed E-state index contributed by atoms with van der Waals surface area (Å²) >= 11 is 1.68. The number of imidazole rings is 1. The Morgan fingerprint density at radius 1 is 1.00 bits per heavy atom. The van der Waals surface area contributed by atoms with Crippen LogP contribution < -0.4 is 10.6 Å². The highest BCUT2D eigenvalue weighted by molar-refractivity contribution is 7.99. The Bertz CT molecular complexity index is 1460. The van der Waals surface area contributed by atoms with Crippen molar-refractivity contribution >= 4 is 17.8 Å². The van der Waals surface area contributed by atoms with Gasteiger partial charge >= 0.3 is 6.03 Å². The zero-order valence-corrected chi connectivity index (χ0v) is 25.0. The number of aliphatic hydroxyl groups excluding tert-OH is 1. The maximum Gasteiger partial charge on any atom is 0.315 e. The molecule has 1 aromatic heterocycles. The van der Waals surface area contributed by atoms with E-state index in [1.807, 2.05) is 67.2 Å². The van der Waals surface area contributed by atoms with E-state index in [2.05, 4.69) is 52.9 Å². The normalized spacial score (nSPS) is 20.3. The topological polar surface area (TPSA) is 97.6 Å². The number of rotatable bonds is 10. The fourth-order valence-corrected chi connectivity index (χ4v) is 6.23. The molecule has 1 fully saturated rings. The van der Waals surface area contributed by atoms with Crippen LogP contribution in [0.25, 0.3) is 11.1 Å². The minimum Gasteiger partial charge on any atom is -0.392 e. The molecule has 3 N–H and O–H groups in total. The number of aromatic nitrogens is 2. The monoisotopic (exact) mass is 586 g/mol. The molecule has 220 valence electrons. The lowest BCUT2D eigenvalue weighted by molar-refractivity contribution is -0.268. The number of aliphatic hydroxyl groups is 1. The Kier molecular flexibility index (Phi) is 9.97. The highest BCUT2D eigenvalue weighted by atomic mass is 32.2. The molecular formula is C33H38N4O4S. The zero-order valence-electron chi connectivity index (χ0n) is 24.2. The predicted molar refractivity (Wildman–Crippen MR) is 165 cm³/mol. The van der Waals surface area contributed by atoms with Crippen LogP contribution in [0.5, 0.6) is 0 Å². The lowest BCUT2D eigenvalue weighted by Gasteiger charge is -2.41. The van der Waals surface area contributed by atoms with Crippen LogP contribution in [-0.4, -0.2) is 39.1 Å². The molecule has 5 rings (SSSR count). The van der Waals surface area contributed by atoms with E-state index in [4.69, 9.17) is 9.47 Å². The standard InChI is InChI=1S/C33H38N4O4S/c1-4-34-32(39)36-19-27-7-5-6-8-28(27)24-13-15-26(16-14-24)31-40-29(21-42-33-35-17-18-37(33)3)22(2)30(41-31)25-11-9-23(20-38)10-12-25/h5-18,22,29-31,38H,4,19-21H2,1-3H3,(H2,34,36,39)/t22-,29+,30+,31+/m0/s1. The van der Waals surface area contributed by atoms with Crippen LogP contribution in [0.3, 0.4) is 0 Å². The highest BCUT2D eigenvalue weighted by Crippen LogP contribution is 2.43. The molecule has 8 nitrogen and oxygen atoms in total. The SMILES string of the molecule is CCNC(=O)NCc1ccccc1-c1ccc([C@@H]2O[C@H](CSc3nccn3C)[C@H](C)[C@H](c3ccc(CO)cc3)O2)cc1. The number of urea groups is 1. The Labute approximate surface area is 251 Å². The lowest BCUT2D eigenvalue weighted by atomic mass is 9.91. The Hall–Kier alpha value is -3.63. The third kappa shape index (κ3) is 7.04. The van der Waals surface area contributed by atoms with Gasteiger partial charge in [0.05, 0.1) is 18.8 Å². The van der Waals surface area contributed by atoms with Crippen LogP contribution >= 0.6 is 11.8 Å². The van der Waals surface area contributed by atoms with E-state index >= 15 is 0 Å². The van der Waals surface area contributed by atoms with Crippen molar-refractivity contribution in [2.24, 2.45) is 13.0 Å². The second-order valence-corrected chi connectivity index (χ2v) is 11.4. The van der Waals surface area contributed by atoms with Crippen molar-refractivity contribution < 1.29 is 19.4 Å². The van der Waals surface area contributed by atoms with Gasteiger partial charge in [0.15, 0.2) is 11.4 Å². The van der Waals surface area contributed by atoms with Gasteiger partial charge in [0.25, 0.3) is 0 Å². The number of nitrogens with one attached hydrogen (secondary N) is 2. The molecule has 2 heterocycles. The Morgan fingerprint density at radius 2 is 1.74 bits per heavy atom. The Morgan fingerprint density at radius 3 is 2.43 bits per heavy atom. The number of aryl methyl sites for hydroxylation is 1. The summed E-state index contributed by atoms with van der Waals surface area (Å²) in [4.78, 5) is 16.4. The van der Waals surface area contributed by atoms with Gasteiger partial charge in [0.2, 0.25) is 0 Å². The second-order valence-electron chi connectivity index (χ2n) is 10.4. The quantitative estimate of drug-likeness (QED) is 0.198. The molecule has 9 heteroatoms. The first-order valence-corrected chi connectivity index (χ1v) is 15.3. The third-order valence-electron chi connectivity index (χ3n) is 7.57. The predicted octanol–water partition coefficient (Wildman–Crippen LogP) is 5.98. The van der Waals surface area contributed by atoms with Gasteiger partial charge in [-0.3, -0.25) is 0 Å². The molecule has 3 aromatic carbocycles. The number of carbonyl (C=O) groups excluding carboxylic acids is 1. The molecule has 1 aliphatic heterocycles. The summed E-state index contributed by atoms with van der Waals surface area (Å²) in [5, 5.41) is 16.2. The Balaban J connectivity index is 1.37. The van der Waals surface area contributed by atoms with Crippen LogP contribution in [0.1, 0.15) is 48.5 Å². The average molecular weight is 587 g/mol. The van der Waals surface area contributed by atoms with Gasteiger partial charge in [-0.2, -0.15) is 0 Å². The summed E-state index contributed by atoms with van der Waals surface area (Å²) in [6.07, 6.45) is 2.96. The van der Waals surface area contributed by atoms with Gasteiger partial charge in [-0.25, -0.2) is 9.78 Å². The van der Waals surface area contributed by atoms with Gasteiger partial charge in [0.1, 0.15) is 0 Å². The second kappa shape index (κ2) is 14.0. The van der Waals surface area contributed by atoms with Crippen molar-refractivity contribution in [3.8, 4) is 11.1 Å². The van der Waals surface area contributed by atoms with Crippen LogP contribution in [0.4, 0.5) is 4.79 Å². The maximum absolute atomic E-state index is 12.0. The molecule has 0 aliphatic carbocycles. The molecular weight excluding hydrogens is 548 g/mol. The first-order valence-electron chi connectivity index (χ1n) is 14.3. The summed E-state index contributed by atoms with van der Waals surface area (Å²) in [6.45, 7) is 5.08. The van der Waals surface area contributed by atoms with E-state index in [9.17, 15) is 9.90 Å². The summed E-state index contributed by atoms with van der Waals surface area (Å²) in [6, 6.07) is 24.1. The fourth-order valence-electron chi connectivity index (χ4n) is 5.13. The van der Waals surface area contributed by atoms with Crippen molar-refractivity contribution in [3.63, 3.8) is 0 Å². The number of ether oxygens (including phenoxy) is 2. The van der Waals surface area contributed by atoms with Gasteiger partial charge in [0, 0.05) is 49.8 Å². The van der Waals surface area contributed by atoms with E-state index in [-0.39, 0.29) is 30.8 Å². The minimum absolute atomic E-state index is 0.00744. The smallest absolute Gasteiger partial charge is 0.315 e. The zero-order chi connectivity index (χ0) is 29.5. The number of carbonyl (C=O) groups is 1. The van der Waals surface area contributed by atoms with Gasteiger partial charge in [-0.05, 0) is 34.7 Å². The largest absolute Gasteiger partial charge is 0.392 e. The van der Waals surface area contributed by atoms with Crippen molar-refractivity contribution in [1.29, 1.82) is 0 Å². The molecule has 4 atom stereocenters. The van der Waals surface area contributed by atoms with Crippen LogP contribution in [-0.2, 0) is 29.7 Å². The van der Waals surface area contributed by atoms with Crippen LogP contribution in [0.2, 0.25) is 0 Å². The number of thioether (sulfide) groups is 1. The van der Waals surface area contributed by atoms with Crippen molar-refractivity contribution in [2.45, 2.75) is 50.7 Å². The summed E-state index contributed by atoms with van der Waals surface area (Å²) in [5.74, 6) is 0.832. The molecule has 2 amide bonds. The van der Waals surface area contributed by atoms with E-state index < -0.39 is 6.29 Å². The van der Waals surface area contributed by atoms with Crippen molar-refractivity contribution in [3.05, 3.63) is 107 Å². The number of hydrogen-bond donors (Lipinski definition) is 3. The van der Waals surface area contributed by atoms with E-state index in [0.717, 1.165) is 44.3 Å². The van der Waals surface area contributed by atoms with Crippen molar-refractivity contribution in [1.82, 2.24) is 20.2 Å². The fraction of sp³-hybridized carbons (Fsp3) is 0.333. The summed E-state index contributed by atoms with van der Waals surface area (Å²) in [7, 11) is 1.99. The van der Waals surface area contributed by atoms with Crippen LogP contribution in [0, 0.1) is 5.92 Å². The maximum atomic E-state index is 12.0. The average Bonchev–Trinajstić information content (AvgIpc) is 3.44. The van der Waals surface area contributed by atoms with Gasteiger partial charge in [-0.15, -0.1) is 0 Å². The number of benzene rings is 3. The molecule has 0 spiro atoms. The van der Waals surface area contributed by atoms with Crippen molar-refractivity contribution in [2.75, 3.05) is 12.3 Å². The molecule has 0 saturated carbocycles. The molecule has 0 radical (unpaired) electrons. The number of nitrogens with zero attached hydrogens (tertiary/aromatic N) is 2.